The molecule has 2 aliphatic heterocycles. The Kier molecular flexibility index (Phi) is 2.40. The van der Waals surface area contributed by atoms with Crippen molar-refractivity contribution in [3.05, 3.63) is 46.1 Å². The summed E-state index contributed by atoms with van der Waals surface area (Å²) in [5.41, 5.74) is 1.77. The number of aromatic nitrogens is 1. The number of allylic oxidation sites excluding steroid dienone is 1. The fourth-order valence-corrected chi connectivity index (χ4v) is 2.09. The maximum absolute atomic E-state index is 12.0. The minimum Gasteiger partial charge on any atom is -0.486 e. The van der Waals surface area contributed by atoms with Gasteiger partial charge in [-0.1, -0.05) is 6.07 Å². The van der Waals surface area contributed by atoms with Crippen molar-refractivity contribution in [3.63, 3.8) is 0 Å². The first kappa shape index (κ1) is 10.1. The van der Waals surface area contributed by atoms with Gasteiger partial charge in [0.15, 0.2) is 5.76 Å². The molecular formula is C13H12N2O2. The fraction of sp³-hybridized carbons (Fsp3) is 0.231. The van der Waals surface area contributed by atoms with Crippen molar-refractivity contribution < 1.29 is 4.74 Å². The zero-order chi connectivity index (χ0) is 11.7. The molecule has 1 aromatic heterocycles. The van der Waals surface area contributed by atoms with Crippen molar-refractivity contribution in [3.8, 4) is 0 Å². The number of dihydropyridines is 1. The summed E-state index contributed by atoms with van der Waals surface area (Å²) < 4.78 is 7.29. The number of fused-ring (bicyclic) bond motifs is 2. The Morgan fingerprint density at radius 3 is 3.24 bits per heavy atom. The summed E-state index contributed by atoms with van der Waals surface area (Å²) in [5.74, 6) is 0.704. The van der Waals surface area contributed by atoms with E-state index in [-0.39, 0.29) is 5.56 Å². The van der Waals surface area contributed by atoms with Crippen LogP contribution in [0.15, 0.2) is 39.8 Å². The lowest BCUT2D eigenvalue weighted by molar-refractivity contribution is 0.269. The number of hydrogen-bond donors (Lipinski definition) is 0. The highest BCUT2D eigenvalue weighted by molar-refractivity contribution is 5.86. The molecule has 3 rings (SSSR count). The zero-order valence-electron chi connectivity index (χ0n) is 9.30. The monoisotopic (exact) mass is 228 g/mol. The van der Waals surface area contributed by atoms with E-state index in [1.165, 1.54) is 0 Å². The van der Waals surface area contributed by atoms with Gasteiger partial charge in [-0.25, -0.2) is 0 Å². The van der Waals surface area contributed by atoms with E-state index >= 15 is 0 Å². The molecule has 0 radical (unpaired) electrons. The average Bonchev–Trinajstić information content (AvgIpc) is 2.32. The van der Waals surface area contributed by atoms with Crippen LogP contribution in [0, 0.1) is 0 Å². The van der Waals surface area contributed by atoms with E-state index in [1.54, 1.807) is 22.9 Å². The van der Waals surface area contributed by atoms with Crippen LogP contribution in [0.25, 0.3) is 11.8 Å². The summed E-state index contributed by atoms with van der Waals surface area (Å²) >= 11 is 0. The first-order chi connectivity index (χ1) is 8.36. The van der Waals surface area contributed by atoms with Gasteiger partial charge in [0.05, 0.1) is 11.9 Å². The highest BCUT2D eigenvalue weighted by Gasteiger charge is 2.16. The predicted octanol–water partition coefficient (Wildman–Crippen LogP) is 1.53. The number of rotatable bonds is 0. The minimum absolute atomic E-state index is 0.0274. The van der Waals surface area contributed by atoms with Crippen LogP contribution in [-0.4, -0.2) is 23.9 Å². The van der Waals surface area contributed by atoms with E-state index in [0.717, 1.165) is 17.8 Å². The Labute approximate surface area is 98.6 Å². The second kappa shape index (κ2) is 4.05. The van der Waals surface area contributed by atoms with Crippen molar-refractivity contribution in [2.45, 2.75) is 6.42 Å². The summed E-state index contributed by atoms with van der Waals surface area (Å²) in [7, 11) is 0. The van der Waals surface area contributed by atoms with Crippen molar-refractivity contribution in [2.75, 3.05) is 13.2 Å². The van der Waals surface area contributed by atoms with Gasteiger partial charge in [-0.3, -0.25) is 14.4 Å². The lowest BCUT2D eigenvalue weighted by Crippen LogP contribution is -2.24. The molecule has 0 aliphatic carbocycles. The molecule has 0 unspecified atom stereocenters. The summed E-state index contributed by atoms with van der Waals surface area (Å²) in [4.78, 5) is 16.2. The van der Waals surface area contributed by atoms with Crippen molar-refractivity contribution in [1.29, 1.82) is 0 Å². The number of nitrogens with zero attached hydrogens (tertiary/aromatic N) is 2. The van der Waals surface area contributed by atoms with Crippen LogP contribution in [0.5, 0.6) is 0 Å². The summed E-state index contributed by atoms with van der Waals surface area (Å²) in [5, 5.41) is 0. The molecule has 17 heavy (non-hydrogen) atoms. The van der Waals surface area contributed by atoms with Crippen LogP contribution >= 0.6 is 0 Å². The van der Waals surface area contributed by atoms with Gasteiger partial charge in [0.25, 0.3) is 5.56 Å². The SMILES string of the molecule is O=c1cccc2n1C1=C(C=NCC1)OCC=C2. The predicted molar refractivity (Wildman–Crippen MR) is 66.9 cm³/mol. The largest absolute Gasteiger partial charge is 0.486 e. The van der Waals surface area contributed by atoms with Gasteiger partial charge in [0, 0.05) is 24.7 Å². The molecule has 1 aromatic rings. The third-order valence-electron chi connectivity index (χ3n) is 2.85. The molecule has 2 aliphatic rings. The Morgan fingerprint density at radius 2 is 2.29 bits per heavy atom. The molecule has 0 saturated heterocycles. The smallest absolute Gasteiger partial charge is 0.255 e. The molecule has 0 saturated carbocycles. The first-order valence-corrected chi connectivity index (χ1v) is 5.61. The third kappa shape index (κ3) is 1.71. The molecule has 0 aromatic carbocycles. The quantitative estimate of drug-likeness (QED) is 0.676. The van der Waals surface area contributed by atoms with E-state index in [1.807, 2.05) is 18.2 Å². The lowest BCUT2D eigenvalue weighted by atomic mass is 10.2. The van der Waals surface area contributed by atoms with Gasteiger partial charge < -0.3 is 4.74 Å². The summed E-state index contributed by atoms with van der Waals surface area (Å²) in [6, 6.07) is 5.27. The molecule has 4 heteroatoms. The van der Waals surface area contributed by atoms with Gasteiger partial charge in [-0.15, -0.1) is 0 Å². The first-order valence-electron chi connectivity index (χ1n) is 5.61. The average molecular weight is 228 g/mol. The summed E-state index contributed by atoms with van der Waals surface area (Å²) in [6.07, 6.45) is 6.26. The number of hydrogen-bond acceptors (Lipinski definition) is 3. The molecule has 0 N–H and O–H groups in total. The molecule has 0 bridgehead atoms. The van der Waals surface area contributed by atoms with E-state index in [0.29, 0.717) is 18.9 Å². The second-order valence-corrected chi connectivity index (χ2v) is 3.93. The number of aliphatic imine (C=N–C) groups is 1. The molecule has 3 heterocycles. The van der Waals surface area contributed by atoms with E-state index in [4.69, 9.17) is 4.74 Å². The maximum Gasteiger partial charge on any atom is 0.255 e. The molecule has 86 valence electrons. The molecule has 0 spiro atoms. The standard InChI is InChI=1S/C13H12N2O2/c16-13-5-1-3-10-4-2-8-17-12-9-14-7-6-11(12)15(10)13/h1-5,9H,6-8H2. The van der Waals surface area contributed by atoms with E-state index in [9.17, 15) is 4.79 Å². The van der Waals surface area contributed by atoms with Gasteiger partial charge >= 0.3 is 0 Å². The molecular weight excluding hydrogens is 216 g/mol. The van der Waals surface area contributed by atoms with Gasteiger partial charge in [0.1, 0.15) is 6.61 Å². The van der Waals surface area contributed by atoms with Gasteiger partial charge in [-0.2, -0.15) is 0 Å². The number of ether oxygens (including phenoxy) is 1. The van der Waals surface area contributed by atoms with E-state index in [2.05, 4.69) is 4.99 Å². The third-order valence-corrected chi connectivity index (χ3v) is 2.85. The fourth-order valence-electron chi connectivity index (χ4n) is 2.09. The van der Waals surface area contributed by atoms with Gasteiger partial charge in [-0.05, 0) is 18.2 Å². The van der Waals surface area contributed by atoms with Gasteiger partial charge in [0.2, 0.25) is 0 Å². The van der Waals surface area contributed by atoms with E-state index < -0.39 is 0 Å². The Hall–Kier alpha value is -2.10. The molecule has 0 fully saturated rings. The minimum atomic E-state index is -0.0274. The highest BCUT2D eigenvalue weighted by atomic mass is 16.5. The Bertz CT molecular complexity index is 594. The van der Waals surface area contributed by atoms with Crippen molar-refractivity contribution in [1.82, 2.24) is 4.57 Å². The Balaban J connectivity index is 2.30. The molecule has 4 nitrogen and oxygen atoms in total. The van der Waals surface area contributed by atoms with Crippen LogP contribution in [0.4, 0.5) is 0 Å². The highest BCUT2D eigenvalue weighted by Crippen LogP contribution is 2.21. The van der Waals surface area contributed by atoms with Crippen LogP contribution in [-0.2, 0) is 4.74 Å². The van der Waals surface area contributed by atoms with Crippen LogP contribution in [0.1, 0.15) is 12.1 Å². The van der Waals surface area contributed by atoms with Crippen LogP contribution in [0.2, 0.25) is 0 Å². The normalized spacial score (nSPS) is 17.9. The maximum atomic E-state index is 12.0. The topological polar surface area (TPSA) is 43.6 Å². The zero-order valence-corrected chi connectivity index (χ0v) is 9.30. The second-order valence-electron chi connectivity index (χ2n) is 3.93. The Morgan fingerprint density at radius 1 is 1.35 bits per heavy atom. The van der Waals surface area contributed by atoms with Crippen LogP contribution in [0.3, 0.4) is 0 Å². The summed E-state index contributed by atoms with van der Waals surface area (Å²) in [6.45, 7) is 1.21. The van der Waals surface area contributed by atoms with Crippen LogP contribution < -0.4 is 5.56 Å². The lowest BCUT2D eigenvalue weighted by Gasteiger charge is -2.21. The van der Waals surface area contributed by atoms with Crippen molar-refractivity contribution >= 4 is 18.0 Å². The number of pyridine rings is 1. The molecule has 0 amide bonds. The van der Waals surface area contributed by atoms with Crippen molar-refractivity contribution in [2.24, 2.45) is 4.99 Å². The molecule has 0 atom stereocenters.